The molecule has 0 heterocycles. The van der Waals surface area contributed by atoms with Gasteiger partial charge in [-0.05, 0) is 28.6 Å². The van der Waals surface area contributed by atoms with Crippen LogP contribution in [-0.2, 0) is 0 Å². The molecule has 0 saturated carbocycles. The Balaban J connectivity index is 0.000000280. The normalized spacial score (nSPS) is 11.0. The monoisotopic (exact) mass is 571 g/mol. The van der Waals surface area contributed by atoms with Crippen molar-refractivity contribution in [3.63, 3.8) is 0 Å². The van der Waals surface area contributed by atoms with Gasteiger partial charge in [-0.25, -0.2) is 13.2 Å². The molecule has 0 spiro atoms. The summed E-state index contributed by atoms with van der Waals surface area (Å²) in [7, 11) is -3.26. The minimum atomic E-state index is -1.73. The highest BCUT2D eigenvalue weighted by Gasteiger charge is 2.22. The second kappa shape index (κ2) is 12.8. The molecule has 0 saturated heterocycles. The van der Waals surface area contributed by atoms with Crippen LogP contribution in [0, 0.1) is 37.7 Å². The van der Waals surface area contributed by atoms with Crippen LogP contribution >= 0.6 is 11.6 Å². The van der Waals surface area contributed by atoms with E-state index in [1.54, 1.807) is 12.1 Å². The number of nitrogen functional groups attached to an aromatic ring is 1. The van der Waals surface area contributed by atoms with Crippen LogP contribution in [0.1, 0.15) is 0 Å². The lowest BCUT2D eigenvalue weighted by Gasteiger charge is -2.17. The molecule has 0 aliphatic heterocycles. The van der Waals surface area contributed by atoms with E-state index in [4.69, 9.17) is 17.3 Å². The molecule has 2 N–H and O–H groups in total. The van der Waals surface area contributed by atoms with Gasteiger partial charge in [0.25, 0.3) is 11.4 Å². The smallest absolute Gasteiger partial charge is 0.272 e. The zero-order valence-electron chi connectivity index (χ0n) is 21.3. The molecule has 13 heteroatoms. The van der Waals surface area contributed by atoms with E-state index in [1.807, 2.05) is 19.6 Å². The fraction of sp³-hybridized carbons (Fsp3) is 0.250. The van der Waals surface area contributed by atoms with Gasteiger partial charge in [0.15, 0.2) is 0 Å². The van der Waals surface area contributed by atoms with Gasteiger partial charge in [-0.3, -0.25) is 20.2 Å². The van der Waals surface area contributed by atoms with Crippen LogP contribution in [-0.4, -0.2) is 26.0 Å². The van der Waals surface area contributed by atoms with Crippen LogP contribution in [0.25, 0.3) is 0 Å². The number of hydrogen-bond donors (Lipinski definition) is 1. The van der Waals surface area contributed by atoms with Crippen LogP contribution in [0.15, 0.2) is 54.6 Å². The Bertz CT molecular complexity index is 1280. The number of anilines is 1. The number of hydrogen-bond acceptors (Lipinski definition) is 5. The summed E-state index contributed by atoms with van der Waals surface area (Å²) in [4.78, 5) is 19.2. The number of nitrogens with two attached hydrogens (primary N) is 1. The van der Waals surface area contributed by atoms with Crippen LogP contribution in [0.4, 0.5) is 30.2 Å². The highest BCUT2D eigenvalue weighted by atomic mass is 35.5. The number of nitrogens with zero attached hydrogens (tertiary/aromatic N) is 2. The molecule has 0 atom stereocenters. The molecule has 3 aromatic carbocycles. The summed E-state index contributed by atoms with van der Waals surface area (Å²) in [5, 5.41) is 21.8. The summed E-state index contributed by atoms with van der Waals surface area (Å²) in [6.07, 6.45) is 0. The molecule has 0 radical (unpaired) electrons. The molecule has 3 rings (SSSR count). The van der Waals surface area contributed by atoms with Gasteiger partial charge < -0.3 is 5.73 Å². The lowest BCUT2D eigenvalue weighted by Crippen LogP contribution is -2.39. The van der Waals surface area contributed by atoms with Crippen molar-refractivity contribution in [2.45, 2.75) is 39.3 Å². The first kappa shape index (κ1) is 31.8. The Morgan fingerprint density at radius 3 is 1.41 bits per heavy atom. The van der Waals surface area contributed by atoms with E-state index in [0.717, 1.165) is 29.5 Å². The summed E-state index contributed by atoms with van der Waals surface area (Å²) >= 11 is 5.29. The van der Waals surface area contributed by atoms with Crippen LogP contribution < -0.4 is 16.1 Å². The highest BCUT2D eigenvalue weighted by Crippen LogP contribution is 2.19. The second-order valence-electron chi connectivity index (χ2n) is 10.0. The van der Waals surface area contributed by atoms with E-state index in [9.17, 15) is 33.4 Å². The number of nitro groups is 2. The fourth-order valence-corrected chi connectivity index (χ4v) is 5.83. The van der Waals surface area contributed by atoms with Crippen molar-refractivity contribution in [3.05, 3.63) is 97.3 Å². The van der Waals surface area contributed by atoms with Gasteiger partial charge in [0.1, 0.15) is 17.5 Å². The summed E-state index contributed by atoms with van der Waals surface area (Å²) < 4.78 is 39.2. The molecule has 0 aliphatic rings. The van der Waals surface area contributed by atoms with Gasteiger partial charge in [0, 0.05) is 17.8 Å². The first-order valence-corrected chi connectivity index (χ1v) is 18.3. The maximum Gasteiger partial charge on any atom is 0.272 e. The van der Waals surface area contributed by atoms with Crippen LogP contribution in [0.2, 0.25) is 44.3 Å². The number of nitro benzene ring substituents is 2. The van der Waals surface area contributed by atoms with Crippen molar-refractivity contribution in [1.82, 2.24) is 0 Å². The zero-order valence-corrected chi connectivity index (χ0v) is 24.1. The minimum Gasteiger partial charge on any atom is -0.399 e. The Morgan fingerprint density at radius 2 is 1.05 bits per heavy atom. The maximum atomic E-state index is 13.4. The minimum absolute atomic E-state index is 0.115. The number of benzene rings is 3. The maximum absolute atomic E-state index is 13.4. The molecular weight excluding hydrogens is 543 g/mol. The summed E-state index contributed by atoms with van der Waals surface area (Å²) in [6.45, 7) is 12.3. The third-order valence-corrected chi connectivity index (χ3v) is 9.24. The third kappa shape index (κ3) is 9.98. The Labute approximate surface area is 220 Å². The predicted molar refractivity (Wildman–Crippen MR) is 148 cm³/mol. The first-order valence-electron chi connectivity index (χ1n) is 10.9. The zero-order chi connectivity index (χ0) is 28.7. The Morgan fingerprint density at radius 1 is 0.676 bits per heavy atom. The van der Waals surface area contributed by atoms with Gasteiger partial charge in [0.2, 0.25) is 0 Å². The molecule has 0 aromatic heterocycles. The Hall–Kier alpha value is -3.23. The van der Waals surface area contributed by atoms with Crippen LogP contribution in [0.5, 0.6) is 0 Å². The molecule has 0 aliphatic carbocycles. The molecule has 0 amide bonds. The predicted octanol–water partition coefficient (Wildman–Crippen LogP) is 6.62. The van der Waals surface area contributed by atoms with Crippen molar-refractivity contribution >= 4 is 55.2 Å². The number of rotatable bonds is 4. The van der Waals surface area contributed by atoms with Crippen molar-refractivity contribution in [3.8, 4) is 0 Å². The summed E-state index contributed by atoms with van der Waals surface area (Å²) in [5.41, 5.74) is 5.45. The molecular formula is C24H29ClF3N3O4Si2. The molecule has 0 bridgehead atoms. The van der Waals surface area contributed by atoms with Gasteiger partial charge in [-0.1, -0.05) is 63.0 Å². The standard InChI is InChI=1S/C9H12FNO2Si.C9H14FNSi.C6H3ClFNO2/c1-14(2,3)9-5-4-7(11(12)13)6-8(9)10;1-12(2,3)9-5-4-7(11)6-8(9)10;7-5-2-1-4(9(10)11)3-6(5)8/h4-6H,1-3H3;4-6H,11H2,1-3H3;1-3H. The Kier molecular flexibility index (Phi) is 11.0. The molecule has 37 heavy (non-hydrogen) atoms. The van der Waals surface area contributed by atoms with Crippen LogP contribution in [0.3, 0.4) is 0 Å². The largest absolute Gasteiger partial charge is 0.399 e. The van der Waals surface area contributed by atoms with Gasteiger partial charge in [-0.2, -0.15) is 0 Å². The van der Waals surface area contributed by atoms with Crippen molar-refractivity contribution in [2.24, 2.45) is 0 Å². The quantitative estimate of drug-likeness (QED) is 0.164. The van der Waals surface area contributed by atoms with Crippen molar-refractivity contribution < 1.29 is 23.0 Å². The third-order valence-electron chi connectivity index (χ3n) is 4.89. The molecule has 0 unspecified atom stereocenters. The summed E-state index contributed by atoms with van der Waals surface area (Å²) in [6, 6.07) is 11.9. The van der Waals surface area contributed by atoms with E-state index in [0.29, 0.717) is 10.9 Å². The summed E-state index contributed by atoms with van der Waals surface area (Å²) in [5.74, 6) is -1.39. The van der Waals surface area contributed by atoms with Gasteiger partial charge in [0.05, 0.1) is 43.1 Å². The first-order chi connectivity index (χ1) is 16.8. The van der Waals surface area contributed by atoms with Crippen molar-refractivity contribution in [2.75, 3.05) is 5.73 Å². The van der Waals surface area contributed by atoms with E-state index in [-0.39, 0.29) is 22.2 Å². The second-order valence-corrected chi connectivity index (χ2v) is 20.5. The molecule has 3 aromatic rings. The lowest BCUT2D eigenvalue weighted by atomic mass is 10.3. The number of halogens is 4. The van der Waals surface area contributed by atoms with Crippen molar-refractivity contribution in [1.29, 1.82) is 0 Å². The van der Waals surface area contributed by atoms with Gasteiger partial charge in [-0.15, -0.1) is 0 Å². The average Bonchev–Trinajstić information content (AvgIpc) is 2.74. The van der Waals surface area contributed by atoms with E-state index >= 15 is 0 Å². The fourth-order valence-electron chi connectivity index (χ4n) is 2.96. The van der Waals surface area contributed by atoms with Gasteiger partial charge >= 0.3 is 0 Å². The van der Waals surface area contributed by atoms with E-state index in [2.05, 4.69) is 19.6 Å². The molecule has 0 fully saturated rings. The van der Waals surface area contributed by atoms with E-state index in [1.165, 1.54) is 18.2 Å². The SMILES string of the molecule is C[Si](C)(C)c1ccc(N)cc1F.C[Si](C)(C)c1ccc([N+](=O)[O-])cc1F.O=[N+]([O-])c1ccc(Cl)c(F)c1. The average molecular weight is 572 g/mol. The highest BCUT2D eigenvalue weighted by molar-refractivity contribution is 6.89. The molecule has 200 valence electrons. The topological polar surface area (TPSA) is 112 Å². The lowest BCUT2D eigenvalue weighted by molar-refractivity contribution is -0.385. The molecule has 7 nitrogen and oxygen atoms in total. The number of non-ortho nitro benzene ring substituents is 2. The van der Waals surface area contributed by atoms with E-state index < -0.39 is 37.6 Å².